The van der Waals surface area contributed by atoms with Crippen LogP contribution in [0.5, 0.6) is 0 Å². The van der Waals surface area contributed by atoms with Gasteiger partial charge in [-0.2, -0.15) is 0 Å². The first-order valence-electron chi connectivity index (χ1n) is 6.70. The van der Waals surface area contributed by atoms with E-state index >= 15 is 0 Å². The Balaban J connectivity index is 1.62. The van der Waals surface area contributed by atoms with Gasteiger partial charge in [0.1, 0.15) is 0 Å². The lowest BCUT2D eigenvalue weighted by Crippen LogP contribution is -2.59. The van der Waals surface area contributed by atoms with Gasteiger partial charge in [-0.15, -0.1) is 0 Å². The summed E-state index contributed by atoms with van der Waals surface area (Å²) in [6, 6.07) is 0. The predicted molar refractivity (Wildman–Crippen MR) is 66.9 cm³/mol. The summed E-state index contributed by atoms with van der Waals surface area (Å²) in [5, 5.41) is 8.57. The molecule has 0 heterocycles. The van der Waals surface area contributed by atoms with Crippen LogP contribution in [0, 0.1) is 17.8 Å². The molecule has 4 aliphatic rings. The quantitative estimate of drug-likeness (QED) is 0.784. The Hall–Kier alpha value is -0.130. The van der Waals surface area contributed by atoms with Gasteiger partial charge in [-0.05, 0) is 56.3 Å². The molecule has 0 saturated heterocycles. The van der Waals surface area contributed by atoms with Crippen LogP contribution >= 0.6 is 0 Å². The van der Waals surface area contributed by atoms with Crippen LogP contribution in [-0.2, 0) is 10.0 Å². The molecule has 0 amide bonds. The minimum absolute atomic E-state index is 0.0642. The number of nitrogens with one attached hydrogen (secondary N) is 1. The standard InChI is InChI=1S/C12H22N2O2S/c13-17(15,16)2-1-14-12-6-9-3-10(7-12)5-11(4-9)8-12/h9-11,14H,1-8H2,(H2,13,15,16). The number of nitrogens with two attached hydrogens (primary N) is 1. The monoisotopic (exact) mass is 258 g/mol. The van der Waals surface area contributed by atoms with Gasteiger partial charge in [0.2, 0.25) is 10.0 Å². The summed E-state index contributed by atoms with van der Waals surface area (Å²) >= 11 is 0. The molecule has 0 atom stereocenters. The highest BCUT2D eigenvalue weighted by Gasteiger charge is 2.50. The Bertz CT molecular complexity index is 369. The maximum Gasteiger partial charge on any atom is 0.210 e. The normalized spacial score (nSPS) is 44.2. The number of hydrogen-bond acceptors (Lipinski definition) is 3. The molecule has 0 aromatic carbocycles. The van der Waals surface area contributed by atoms with Gasteiger partial charge in [0.05, 0.1) is 5.75 Å². The van der Waals surface area contributed by atoms with E-state index in [1.165, 1.54) is 38.5 Å². The Kier molecular flexibility index (Phi) is 2.76. The SMILES string of the molecule is NS(=O)(=O)CCNC12CC3CC(CC(C3)C1)C2. The molecule has 0 radical (unpaired) electrons. The van der Waals surface area contributed by atoms with E-state index in [-0.39, 0.29) is 11.3 Å². The fourth-order valence-corrected chi connectivity index (χ4v) is 5.17. The third-order valence-electron chi connectivity index (χ3n) is 4.92. The zero-order chi connectivity index (χ0) is 12.1. The Morgan fingerprint density at radius 1 is 1.06 bits per heavy atom. The summed E-state index contributed by atoms with van der Waals surface area (Å²) in [4.78, 5) is 0. The first-order valence-corrected chi connectivity index (χ1v) is 8.41. The van der Waals surface area contributed by atoms with Crippen LogP contribution in [0.15, 0.2) is 0 Å². The zero-order valence-corrected chi connectivity index (χ0v) is 11.0. The largest absolute Gasteiger partial charge is 0.310 e. The average molecular weight is 258 g/mol. The fraction of sp³-hybridized carbons (Fsp3) is 1.00. The lowest BCUT2D eigenvalue weighted by Gasteiger charge is -2.57. The van der Waals surface area contributed by atoms with Crippen molar-refractivity contribution in [3.63, 3.8) is 0 Å². The van der Waals surface area contributed by atoms with Gasteiger partial charge in [0, 0.05) is 12.1 Å². The second-order valence-electron chi connectivity index (χ2n) is 6.49. The molecule has 3 N–H and O–H groups in total. The van der Waals surface area contributed by atoms with Gasteiger partial charge in [-0.1, -0.05) is 0 Å². The minimum Gasteiger partial charge on any atom is -0.310 e. The second-order valence-corrected chi connectivity index (χ2v) is 8.23. The maximum absolute atomic E-state index is 11.0. The molecule has 98 valence electrons. The van der Waals surface area contributed by atoms with Gasteiger partial charge >= 0.3 is 0 Å². The maximum atomic E-state index is 11.0. The van der Waals surface area contributed by atoms with Gasteiger partial charge in [0.15, 0.2) is 0 Å². The van der Waals surface area contributed by atoms with Gasteiger partial charge in [0.25, 0.3) is 0 Å². The van der Waals surface area contributed by atoms with E-state index in [4.69, 9.17) is 5.14 Å². The molecule has 0 spiro atoms. The molecule has 4 rings (SSSR count). The van der Waals surface area contributed by atoms with E-state index in [0.29, 0.717) is 6.54 Å². The fourth-order valence-electron chi connectivity index (χ4n) is 4.79. The van der Waals surface area contributed by atoms with E-state index in [9.17, 15) is 8.42 Å². The molecule has 4 nitrogen and oxygen atoms in total. The topological polar surface area (TPSA) is 72.2 Å². The molecule has 0 aliphatic heterocycles. The Morgan fingerprint density at radius 2 is 1.53 bits per heavy atom. The molecular weight excluding hydrogens is 236 g/mol. The molecule has 0 aromatic rings. The van der Waals surface area contributed by atoms with Crippen molar-refractivity contribution in [2.45, 2.75) is 44.1 Å². The lowest BCUT2D eigenvalue weighted by atomic mass is 9.53. The summed E-state index contributed by atoms with van der Waals surface area (Å²) in [5.74, 6) is 2.74. The van der Waals surface area contributed by atoms with Crippen molar-refractivity contribution in [2.24, 2.45) is 22.9 Å². The summed E-state index contributed by atoms with van der Waals surface area (Å²) in [6.07, 6.45) is 8.00. The van der Waals surface area contributed by atoms with Crippen molar-refractivity contribution >= 4 is 10.0 Å². The zero-order valence-electron chi connectivity index (χ0n) is 10.2. The molecule has 4 saturated carbocycles. The first-order chi connectivity index (χ1) is 7.94. The highest BCUT2D eigenvalue weighted by atomic mass is 32.2. The van der Waals surface area contributed by atoms with Gasteiger partial charge in [-0.3, -0.25) is 0 Å². The van der Waals surface area contributed by atoms with Crippen LogP contribution in [0.1, 0.15) is 38.5 Å². The highest BCUT2D eigenvalue weighted by Crippen LogP contribution is 2.55. The van der Waals surface area contributed by atoms with Crippen LogP contribution in [-0.4, -0.2) is 26.3 Å². The summed E-state index contributed by atoms with van der Waals surface area (Å²) < 4.78 is 21.9. The molecule has 17 heavy (non-hydrogen) atoms. The molecule has 4 bridgehead atoms. The molecule has 0 aromatic heterocycles. The van der Waals surface area contributed by atoms with Gasteiger partial charge < -0.3 is 5.32 Å². The third kappa shape index (κ3) is 2.51. The van der Waals surface area contributed by atoms with Crippen molar-refractivity contribution in [1.29, 1.82) is 0 Å². The van der Waals surface area contributed by atoms with Crippen LogP contribution in [0.25, 0.3) is 0 Å². The van der Waals surface area contributed by atoms with E-state index in [0.717, 1.165) is 17.8 Å². The van der Waals surface area contributed by atoms with Crippen molar-refractivity contribution in [3.05, 3.63) is 0 Å². The third-order valence-corrected chi connectivity index (χ3v) is 5.70. The number of primary sulfonamides is 1. The Morgan fingerprint density at radius 3 is 1.94 bits per heavy atom. The molecule has 0 unspecified atom stereocenters. The van der Waals surface area contributed by atoms with Crippen molar-refractivity contribution in [2.75, 3.05) is 12.3 Å². The van der Waals surface area contributed by atoms with Gasteiger partial charge in [-0.25, -0.2) is 13.6 Å². The van der Waals surface area contributed by atoms with E-state index < -0.39 is 10.0 Å². The molecule has 4 fully saturated rings. The highest BCUT2D eigenvalue weighted by molar-refractivity contribution is 7.89. The van der Waals surface area contributed by atoms with Crippen LogP contribution in [0.3, 0.4) is 0 Å². The minimum atomic E-state index is -3.32. The van der Waals surface area contributed by atoms with E-state index in [2.05, 4.69) is 5.32 Å². The smallest absolute Gasteiger partial charge is 0.210 e. The molecule has 5 heteroatoms. The van der Waals surface area contributed by atoms with E-state index in [1.807, 2.05) is 0 Å². The number of rotatable bonds is 4. The lowest BCUT2D eigenvalue weighted by molar-refractivity contribution is -0.0186. The molecule has 4 aliphatic carbocycles. The Labute approximate surface area is 103 Å². The van der Waals surface area contributed by atoms with Crippen molar-refractivity contribution in [1.82, 2.24) is 5.32 Å². The van der Waals surface area contributed by atoms with Crippen molar-refractivity contribution in [3.8, 4) is 0 Å². The van der Waals surface area contributed by atoms with E-state index in [1.54, 1.807) is 0 Å². The number of sulfonamides is 1. The second kappa shape index (κ2) is 3.93. The molecular formula is C12H22N2O2S. The van der Waals surface area contributed by atoms with Crippen LogP contribution in [0.2, 0.25) is 0 Å². The van der Waals surface area contributed by atoms with Crippen LogP contribution in [0.4, 0.5) is 0 Å². The average Bonchev–Trinajstić information content (AvgIpc) is 2.11. The van der Waals surface area contributed by atoms with Crippen molar-refractivity contribution < 1.29 is 8.42 Å². The first kappa shape index (κ1) is 11.9. The summed E-state index contributed by atoms with van der Waals surface area (Å²) in [6.45, 7) is 0.519. The number of hydrogen-bond donors (Lipinski definition) is 2. The predicted octanol–water partition coefficient (Wildman–Crippen LogP) is 0.833. The summed E-state index contributed by atoms with van der Waals surface area (Å²) in [5.41, 5.74) is 0.249. The van der Waals surface area contributed by atoms with Crippen LogP contribution < -0.4 is 10.5 Å². The summed E-state index contributed by atoms with van der Waals surface area (Å²) in [7, 11) is -3.32.